The molecular formula is C18H22N2O6S. The minimum Gasteiger partial charge on any atom is -0.506 e. The Labute approximate surface area is 157 Å². The molecule has 3 rings (SSSR count). The van der Waals surface area contributed by atoms with Crippen LogP contribution < -0.4 is 19.5 Å². The Morgan fingerprint density at radius 3 is 2.56 bits per heavy atom. The van der Waals surface area contributed by atoms with Crippen molar-refractivity contribution in [3.05, 3.63) is 47.5 Å². The summed E-state index contributed by atoms with van der Waals surface area (Å²) in [6.45, 7) is 2.40. The second-order valence-corrected chi connectivity index (χ2v) is 8.16. The number of phenolic OH excluding ortho intramolecular Hbond substituents is 1. The van der Waals surface area contributed by atoms with Crippen molar-refractivity contribution in [2.45, 2.75) is 19.1 Å². The lowest BCUT2D eigenvalue weighted by molar-refractivity contribution is 0.170. The lowest BCUT2D eigenvalue weighted by atomic mass is 10.1. The molecule has 2 aromatic rings. The van der Waals surface area contributed by atoms with Gasteiger partial charge in [0.25, 0.3) is 0 Å². The Morgan fingerprint density at radius 2 is 1.81 bits per heavy atom. The summed E-state index contributed by atoms with van der Waals surface area (Å²) in [6, 6.07) is 9.89. The highest BCUT2D eigenvalue weighted by Gasteiger charge is 2.17. The summed E-state index contributed by atoms with van der Waals surface area (Å²) >= 11 is 0. The molecule has 0 spiro atoms. The predicted octanol–water partition coefficient (Wildman–Crippen LogP) is 1.88. The van der Waals surface area contributed by atoms with E-state index in [9.17, 15) is 18.6 Å². The predicted molar refractivity (Wildman–Crippen MR) is 101 cm³/mol. The standard InChI is InChI=1S/C18H22N2O6S/c1-11(12-4-6-17-18(8-12)26-10-25-17)19-9-16(22)13-3-5-15(21)14(7-13)20-27(2,23)24/h3-8,11,16,19-22H,9-10H2,1-2H3. The number of nitrogens with one attached hydrogen (secondary N) is 2. The van der Waals surface area contributed by atoms with Crippen molar-refractivity contribution < 1.29 is 28.1 Å². The highest BCUT2D eigenvalue weighted by atomic mass is 32.2. The molecule has 1 aliphatic rings. The van der Waals surface area contributed by atoms with Crippen molar-refractivity contribution in [3.8, 4) is 17.2 Å². The number of aliphatic hydroxyl groups is 1. The molecule has 1 aliphatic heterocycles. The third kappa shape index (κ3) is 4.82. The monoisotopic (exact) mass is 394 g/mol. The molecule has 0 saturated carbocycles. The largest absolute Gasteiger partial charge is 0.506 e. The average Bonchev–Trinajstić information content (AvgIpc) is 3.07. The Morgan fingerprint density at radius 1 is 1.11 bits per heavy atom. The van der Waals surface area contributed by atoms with E-state index in [-0.39, 0.29) is 30.8 Å². The van der Waals surface area contributed by atoms with Gasteiger partial charge >= 0.3 is 0 Å². The second-order valence-electron chi connectivity index (χ2n) is 6.41. The van der Waals surface area contributed by atoms with Crippen molar-refractivity contribution in [2.24, 2.45) is 0 Å². The van der Waals surface area contributed by atoms with Crippen molar-refractivity contribution >= 4 is 15.7 Å². The fraction of sp³-hybridized carbons (Fsp3) is 0.333. The van der Waals surface area contributed by atoms with Gasteiger partial charge < -0.3 is 25.0 Å². The second kappa shape index (κ2) is 7.63. The van der Waals surface area contributed by atoms with Crippen LogP contribution in [0.15, 0.2) is 36.4 Å². The minimum absolute atomic E-state index is 0.0258. The van der Waals surface area contributed by atoms with E-state index in [4.69, 9.17) is 9.47 Å². The molecule has 1 heterocycles. The van der Waals surface area contributed by atoms with Crippen molar-refractivity contribution in [2.75, 3.05) is 24.3 Å². The molecule has 2 atom stereocenters. The maximum Gasteiger partial charge on any atom is 0.231 e. The van der Waals surface area contributed by atoms with Crippen molar-refractivity contribution in [1.29, 1.82) is 0 Å². The van der Waals surface area contributed by atoms with Crippen LogP contribution in [0, 0.1) is 0 Å². The summed E-state index contributed by atoms with van der Waals surface area (Å²) in [6.07, 6.45) is 0.103. The number of benzene rings is 2. The number of rotatable bonds is 7. The van der Waals surface area contributed by atoms with Crippen LogP contribution in [0.3, 0.4) is 0 Å². The lowest BCUT2D eigenvalue weighted by Crippen LogP contribution is -2.24. The summed E-state index contributed by atoms with van der Waals surface area (Å²) in [5.74, 6) is 1.19. The van der Waals surface area contributed by atoms with E-state index in [1.54, 1.807) is 6.07 Å². The summed E-state index contributed by atoms with van der Waals surface area (Å²) in [7, 11) is -3.54. The van der Waals surface area contributed by atoms with Gasteiger partial charge in [0.2, 0.25) is 16.8 Å². The number of sulfonamides is 1. The number of aromatic hydroxyl groups is 1. The molecule has 2 unspecified atom stereocenters. The number of anilines is 1. The molecule has 0 saturated heterocycles. The van der Waals surface area contributed by atoms with Crippen LogP contribution in [0.2, 0.25) is 0 Å². The van der Waals surface area contributed by atoms with Gasteiger partial charge in [-0.15, -0.1) is 0 Å². The van der Waals surface area contributed by atoms with Gasteiger partial charge in [-0.05, 0) is 42.3 Å². The smallest absolute Gasteiger partial charge is 0.231 e. The molecule has 27 heavy (non-hydrogen) atoms. The van der Waals surface area contributed by atoms with Crippen LogP contribution in [0.4, 0.5) is 5.69 Å². The van der Waals surface area contributed by atoms with Crippen LogP contribution in [-0.2, 0) is 10.0 Å². The van der Waals surface area contributed by atoms with Gasteiger partial charge in [0.15, 0.2) is 11.5 Å². The number of phenols is 1. The number of hydrogen-bond acceptors (Lipinski definition) is 7. The molecule has 2 aromatic carbocycles. The van der Waals surface area contributed by atoms with E-state index in [0.717, 1.165) is 11.8 Å². The van der Waals surface area contributed by atoms with Crippen molar-refractivity contribution in [3.63, 3.8) is 0 Å². The van der Waals surface area contributed by atoms with E-state index in [1.165, 1.54) is 12.1 Å². The Bertz CT molecular complexity index is 931. The fourth-order valence-electron chi connectivity index (χ4n) is 2.75. The minimum atomic E-state index is -3.54. The van der Waals surface area contributed by atoms with Crippen LogP contribution in [0.5, 0.6) is 17.2 Å². The molecule has 4 N–H and O–H groups in total. The van der Waals surface area contributed by atoms with Crippen LogP contribution >= 0.6 is 0 Å². The van der Waals surface area contributed by atoms with Gasteiger partial charge in [0.05, 0.1) is 18.0 Å². The molecule has 0 amide bonds. The normalized spacial score (nSPS) is 15.4. The topological polar surface area (TPSA) is 117 Å². The molecule has 8 nitrogen and oxygen atoms in total. The maximum absolute atomic E-state index is 11.4. The Kier molecular flexibility index (Phi) is 5.45. The number of fused-ring (bicyclic) bond motifs is 1. The zero-order valence-corrected chi connectivity index (χ0v) is 15.8. The van der Waals surface area contributed by atoms with Gasteiger partial charge in [-0.1, -0.05) is 12.1 Å². The van der Waals surface area contributed by atoms with E-state index in [2.05, 4.69) is 10.0 Å². The lowest BCUT2D eigenvalue weighted by Gasteiger charge is -2.19. The maximum atomic E-state index is 11.4. The number of ether oxygens (including phenoxy) is 2. The first-order valence-corrected chi connectivity index (χ1v) is 10.2. The van der Waals surface area contributed by atoms with Gasteiger partial charge in [-0.25, -0.2) is 8.42 Å². The quantitative estimate of drug-likeness (QED) is 0.530. The molecular weight excluding hydrogens is 372 g/mol. The first kappa shape index (κ1) is 19.3. The fourth-order valence-corrected chi connectivity index (χ4v) is 3.31. The summed E-state index contributed by atoms with van der Waals surface area (Å²) < 4.78 is 35.6. The molecule has 0 fully saturated rings. The molecule has 0 radical (unpaired) electrons. The van der Waals surface area contributed by atoms with Crippen LogP contribution in [-0.4, -0.2) is 38.2 Å². The van der Waals surface area contributed by atoms with Gasteiger partial charge in [-0.2, -0.15) is 0 Å². The highest BCUT2D eigenvalue weighted by Crippen LogP contribution is 2.34. The zero-order valence-electron chi connectivity index (χ0n) is 15.0. The Hall–Kier alpha value is -2.49. The molecule has 0 bridgehead atoms. The third-order valence-corrected chi connectivity index (χ3v) is 4.81. The van der Waals surface area contributed by atoms with Crippen LogP contribution in [0.1, 0.15) is 30.2 Å². The molecule has 9 heteroatoms. The molecule has 146 valence electrons. The van der Waals surface area contributed by atoms with Gasteiger partial charge in [0.1, 0.15) is 5.75 Å². The van der Waals surface area contributed by atoms with E-state index < -0.39 is 16.1 Å². The molecule has 0 aliphatic carbocycles. The summed E-state index contributed by atoms with van der Waals surface area (Å²) in [4.78, 5) is 0. The average molecular weight is 394 g/mol. The van der Waals surface area contributed by atoms with E-state index in [0.29, 0.717) is 17.1 Å². The first-order chi connectivity index (χ1) is 12.7. The SMILES string of the molecule is CC(NCC(O)c1ccc(O)c(NS(C)(=O)=O)c1)c1ccc2c(c1)OCO2. The van der Waals surface area contributed by atoms with Crippen molar-refractivity contribution in [1.82, 2.24) is 5.32 Å². The van der Waals surface area contributed by atoms with E-state index in [1.807, 2.05) is 25.1 Å². The third-order valence-electron chi connectivity index (χ3n) is 4.21. The number of hydrogen-bond donors (Lipinski definition) is 4. The first-order valence-electron chi connectivity index (χ1n) is 8.34. The molecule has 0 aromatic heterocycles. The zero-order chi connectivity index (χ0) is 19.6. The van der Waals surface area contributed by atoms with Gasteiger partial charge in [-0.3, -0.25) is 4.72 Å². The van der Waals surface area contributed by atoms with Gasteiger partial charge in [0, 0.05) is 12.6 Å². The summed E-state index contributed by atoms with van der Waals surface area (Å²) in [5, 5.41) is 23.4. The summed E-state index contributed by atoms with van der Waals surface area (Å²) in [5.41, 5.74) is 1.48. The van der Waals surface area contributed by atoms with E-state index >= 15 is 0 Å². The van der Waals surface area contributed by atoms with Crippen LogP contribution in [0.25, 0.3) is 0 Å². The highest BCUT2D eigenvalue weighted by molar-refractivity contribution is 7.92. The number of aliphatic hydroxyl groups excluding tert-OH is 1. The Balaban J connectivity index is 1.65.